The van der Waals surface area contributed by atoms with Gasteiger partial charge in [-0.2, -0.15) is 4.98 Å². The van der Waals surface area contributed by atoms with Crippen molar-refractivity contribution in [1.82, 2.24) is 15.0 Å². The highest BCUT2D eigenvalue weighted by atomic mass is 16.5. The van der Waals surface area contributed by atoms with Gasteiger partial charge in [0.1, 0.15) is 17.3 Å². The Hall–Kier alpha value is -3.68. The molecule has 0 saturated carbocycles. The fourth-order valence-corrected chi connectivity index (χ4v) is 2.40. The summed E-state index contributed by atoms with van der Waals surface area (Å²) in [5.41, 5.74) is 5.82. The van der Waals surface area contributed by atoms with E-state index in [1.54, 1.807) is 12.1 Å². The van der Waals surface area contributed by atoms with E-state index in [1.807, 2.05) is 19.1 Å². The van der Waals surface area contributed by atoms with Crippen LogP contribution in [0.25, 0.3) is 11.4 Å². The van der Waals surface area contributed by atoms with Crippen LogP contribution in [0, 0.1) is 0 Å². The van der Waals surface area contributed by atoms with Gasteiger partial charge in [-0.05, 0) is 30.2 Å². The van der Waals surface area contributed by atoms with E-state index in [0.29, 0.717) is 17.7 Å². The molecule has 132 valence electrons. The zero-order valence-corrected chi connectivity index (χ0v) is 13.9. The highest BCUT2D eigenvalue weighted by molar-refractivity contribution is 5.91. The van der Waals surface area contributed by atoms with E-state index in [-0.39, 0.29) is 17.3 Å². The van der Waals surface area contributed by atoms with Gasteiger partial charge in [0.25, 0.3) is 23.1 Å². The maximum absolute atomic E-state index is 12.4. The molecule has 0 saturated heterocycles. The van der Waals surface area contributed by atoms with Gasteiger partial charge in [-0.1, -0.05) is 25.1 Å². The van der Waals surface area contributed by atoms with Crippen molar-refractivity contribution in [3.05, 3.63) is 64.2 Å². The van der Waals surface area contributed by atoms with Gasteiger partial charge < -0.3 is 20.6 Å². The summed E-state index contributed by atoms with van der Waals surface area (Å²) in [5.74, 6) is -1.06. The third kappa shape index (κ3) is 3.39. The number of benzene rings is 1. The molecule has 0 aliphatic carbocycles. The topological polar surface area (TPSA) is 131 Å². The van der Waals surface area contributed by atoms with Crippen LogP contribution in [0.5, 0.6) is 17.4 Å². The van der Waals surface area contributed by atoms with Crippen LogP contribution in [0.15, 0.2) is 47.4 Å². The number of aryl methyl sites for hydroxylation is 1. The first-order chi connectivity index (χ1) is 12.5. The van der Waals surface area contributed by atoms with Crippen molar-refractivity contribution in [3.63, 3.8) is 0 Å². The summed E-state index contributed by atoms with van der Waals surface area (Å²) >= 11 is 0. The minimum absolute atomic E-state index is 0.0156. The Balaban J connectivity index is 2.00. The number of H-pyrrole nitrogens is 1. The average molecular weight is 352 g/mol. The molecule has 0 aliphatic rings. The van der Waals surface area contributed by atoms with E-state index in [0.717, 1.165) is 5.56 Å². The van der Waals surface area contributed by atoms with Gasteiger partial charge in [0.2, 0.25) is 0 Å². The van der Waals surface area contributed by atoms with Gasteiger partial charge in [0, 0.05) is 11.8 Å². The summed E-state index contributed by atoms with van der Waals surface area (Å²) in [6.45, 7) is 1.95. The number of aromatic hydroxyl groups is 1. The summed E-state index contributed by atoms with van der Waals surface area (Å²) < 4.78 is 5.57. The Bertz CT molecular complexity index is 1030. The number of para-hydroxylation sites is 1. The first-order valence-electron chi connectivity index (χ1n) is 7.85. The molecule has 0 aliphatic heterocycles. The summed E-state index contributed by atoms with van der Waals surface area (Å²) in [7, 11) is 0. The summed E-state index contributed by atoms with van der Waals surface area (Å²) in [4.78, 5) is 33.9. The molecule has 3 rings (SSSR count). The minimum Gasteiger partial charge on any atom is -0.490 e. The summed E-state index contributed by atoms with van der Waals surface area (Å²) in [6.07, 6.45) is 2.06. The molecule has 0 bridgehead atoms. The van der Waals surface area contributed by atoms with E-state index in [2.05, 4.69) is 15.0 Å². The largest absolute Gasteiger partial charge is 0.490 e. The van der Waals surface area contributed by atoms with E-state index in [4.69, 9.17) is 10.5 Å². The van der Waals surface area contributed by atoms with Crippen molar-refractivity contribution in [2.75, 3.05) is 0 Å². The number of nitrogens with one attached hydrogen (secondary N) is 1. The number of amides is 1. The molecule has 0 fully saturated rings. The molecule has 1 amide bonds. The van der Waals surface area contributed by atoms with Crippen molar-refractivity contribution in [2.45, 2.75) is 13.3 Å². The molecular weight excluding hydrogens is 336 g/mol. The van der Waals surface area contributed by atoms with Gasteiger partial charge in [0.15, 0.2) is 0 Å². The van der Waals surface area contributed by atoms with Crippen molar-refractivity contribution in [1.29, 1.82) is 0 Å². The predicted octanol–water partition coefficient (Wildman–Crippen LogP) is 1.99. The van der Waals surface area contributed by atoms with Crippen molar-refractivity contribution < 1.29 is 14.6 Å². The van der Waals surface area contributed by atoms with Crippen LogP contribution in [0.1, 0.15) is 23.0 Å². The zero-order chi connectivity index (χ0) is 18.7. The number of aromatic nitrogens is 3. The Morgan fingerprint density at radius 1 is 1.31 bits per heavy atom. The van der Waals surface area contributed by atoms with E-state index >= 15 is 0 Å². The molecule has 0 atom stereocenters. The lowest BCUT2D eigenvalue weighted by molar-refractivity contribution is 0.0995. The molecule has 0 radical (unpaired) electrons. The van der Waals surface area contributed by atoms with Crippen LogP contribution >= 0.6 is 0 Å². The van der Waals surface area contributed by atoms with Crippen LogP contribution in [0.3, 0.4) is 0 Å². The monoisotopic (exact) mass is 352 g/mol. The normalized spacial score (nSPS) is 10.5. The SMILES string of the molecule is CCc1ccccc1Oc1c(O)nc(-c2ccnc(C(N)=O)c2)[nH]c1=O. The first-order valence-corrected chi connectivity index (χ1v) is 7.85. The highest BCUT2D eigenvalue weighted by Gasteiger charge is 2.16. The van der Waals surface area contributed by atoms with Gasteiger partial charge in [-0.3, -0.25) is 14.6 Å². The minimum atomic E-state index is -0.713. The number of carbonyl (C=O) groups excluding carboxylic acids is 1. The molecule has 0 spiro atoms. The molecule has 26 heavy (non-hydrogen) atoms. The third-order valence-electron chi connectivity index (χ3n) is 3.71. The standard InChI is InChI=1S/C18H16N4O4/c1-2-10-5-3-4-6-13(10)26-14-17(24)21-16(22-18(14)25)11-7-8-20-12(9-11)15(19)23/h3-9H,2H2,1H3,(H2,19,23)(H2,21,22,24,25). The van der Waals surface area contributed by atoms with Gasteiger partial charge in [0.05, 0.1) is 0 Å². The molecule has 1 aromatic carbocycles. The zero-order valence-electron chi connectivity index (χ0n) is 13.9. The molecule has 8 nitrogen and oxygen atoms in total. The fourth-order valence-electron chi connectivity index (χ4n) is 2.40. The van der Waals surface area contributed by atoms with E-state index in [9.17, 15) is 14.7 Å². The number of nitrogens with two attached hydrogens (primary N) is 1. The van der Waals surface area contributed by atoms with Crippen LogP contribution in [0.2, 0.25) is 0 Å². The van der Waals surface area contributed by atoms with Gasteiger partial charge in [-0.25, -0.2) is 0 Å². The maximum Gasteiger partial charge on any atom is 0.298 e. The quantitative estimate of drug-likeness (QED) is 0.643. The summed E-state index contributed by atoms with van der Waals surface area (Å²) in [5, 5.41) is 10.2. The Labute approximate surface area is 148 Å². The van der Waals surface area contributed by atoms with Crippen LogP contribution in [-0.4, -0.2) is 26.0 Å². The molecule has 3 aromatic rings. The van der Waals surface area contributed by atoms with Crippen molar-refractivity contribution in [3.8, 4) is 28.8 Å². The third-order valence-corrected chi connectivity index (χ3v) is 3.71. The Morgan fingerprint density at radius 2 is 2.08 bits per heavy atom. The van der Waals surface area contributed by atoms with E-state index < -0.39 is 17.3 Å². The lowest BCUT2D eigenvalue weighted by Crippen LogP contribution is -2.14. The average Bonchev–Trinajstić information content (AvgIpc) is 2.65. The van der Waals surface area contributed by atoms with Crippen LogP contribution in [-0.2, 0) is 6.42 Å². The second kappa shape index (κ2) is 7.06. The number of carbonyl (C=O) groups is 1. The van der Waals surface area contributed by atoms with Gasteiger partial charge in [-0.15, -0.1) is 0 Å². The Morgan fingerprint density at radius 3 is 2.77 bits per heavy atom. The van der Waals surface area contributed by atoms with Crippen LogP contribution in [0.4, 0.5) is 0 Å². The second-order valence-electron chi connectivity index (χ2n) is 5.42. The smallest absolute Gasteiger partial charge is 0.298 e. The molecule has 0 unspecified atom stereocenters. The first kappa shape index (κ1) is 17.2. The number of aromatic amines is 1. The van der Waals surface area contributed by atoms with Gasteiger partial charge >= 0.3 is 0 Å². The molecule has 4 N–H and O–H groups in total. The lowest BCUT2D eigenvalue weighted by atomic mass is 10.1. The fraction of sp³-hybridized carbons (Fsp3) is 0.111. The number of pyridine rings is 1. The lowest BCUT2D eigenvalue weighted by Gasteiger charge is -2.11. The summed E-state index contributed by atoms with van der Waals surface area (Å²) in [6, 6.07) is 10.1. The highest BCUT2D eigenvalue weighted by Crippen LogP contribution is 2.29. The number of hydrogen-bond donors (Lipinski definition) is 3. The number of primary amides is 1. The number of nitrogens with zero attached hydrogens (tertiary/aromatic N) is 2. The molecular formula is C18H16N4O4. The van der Waals surface area contributed by atoms with Crippen molar-refractivity contribution in [2.24, 2.45) is 5.73 Å². The number of hydrogen-bond acceptors (Lipinski definition) is 6. The molecule has 8 heteroatoms. The van der Waals surface area contributed by atoms with Crippen molar-refractivity contribution >= 4 is 5.91 Å². The number of rotatable bonds is 5. The van der Waals surface area contributed by atoms with Crippen LogP contribution < -0.4 is 16.0 Å². The Kier molecular flexibility index (Phi) is 4.66. The second-order valence-corrected chi connectivity index (χ2v) is 5.42. The number of ether oxygens (including phenoxy) is 1. The molecule has 2 aromatic heterocycles. The molecule has 2 heterocycles. The maximum atomic E-state index is 12.4. The van der Waals surface area contributed by atoms with E-state index in [1.165, 1.54) is 18.3 Å². The predicted molar refractivity (Wildman–Crippen MR) is 94.2 cm³/mol.